The van der Waals surface area contributed by atoms with Gasteiger partial charge in [0.05, 0.1) is 0 Å². The van der Waals surface area contributed by atoms with Gasteiger partial charge in [-0.25, -0.2) is 4.79 Å². The summed E-state index contributed by atoms with van der Waals surface area (Å²) in [4.78, 5) is 11.7. The van der Waals surface area contributed by atoms with E-state index in [1.165, 1.54) is 0 Å². The van der Waals surface area contributed by atoms with Crippen molar-refractivity contribution in [3.8, 4) is 0 Å². The molecule has 0 spiro atoms. The number of carbonyl (C=O) groups excluding carboxylic acids is 1. The third-order valence-corrected chi connectivity index (χ3v) is 2.92. The van der Waals surface area contributed by atoms with Gasteiger partial charge in [0.1, 0.15) is 6.61 Å². The van der Waals surface area contributed by atoms with Gasteiger partial charge in [0.25, 0.3) is 0 Å². The van der Waals surface area contributed by atoms with Gasteiger partial charge in [-0.05, 0) is 17.9 Å². The van der Waals surface area contributed by atoms with Crippen LogP contribution in [0.3, 0.4) is 0 Å². The molecule has 18 heavy (non-hydrogen) atoms. The van der Waals surface area contributed by atoms with Gasteiger partial charge in [0.2, 0.25) is 0 Å². The number of ether oxygens (including phenoxy) is 1. The van der Waals surface area contributed by atoms with E-state index < -0.39 is 0 Å². The van der Waals surface area contributed by atoms with Crippen molar-refractivity contribution >= 4 is 6.09 Å². The molecule has 0 saturated carbocycles. The summed E-state index contributed by atoms with van der Waals surface area (Å²) in [6.07, 6.45) is 1.71. The first-order valence-electron chi connectivity index (χ1n) is 6.60. The highest BCUT2D eigenvalue weighted by atomic mass is 16.5. The lowest BCUT2D eigenvalue weighted by molar-refractivity contribution is 0.132. The molecule has 0 fully saturated rings. The van der Waals surface area contributed by atoms with Crippen LogP contribution >= 0.6 is 0 Å². The zero-order valence-corrected chi connectivity index (χ0v) is 11.5. The molecule has 0 heterocycles. The molecule has 100 valence electrons. The van der Waals surface area contributed by atoms with E-state index in [1.54, 1.807) is 0 Å². The van der Waals surface area contributed by atoms with Crippen LogP contribution in [0.15, 0.2) is 30.3 Å². The Morgan fingerprint density at radius 3 is 2.50 bits per heavy atom. The Morgan fingerprint density at radius 2 is 1.94 bits per heavy atom. The fourth-order valence-electron chi connectivity index (χ4n) is 1.80. The number of benzene rings is 1. The third kappa shape index (κ3) is 5.21. The molecule has 1 rings (SSSR count). The number of carbonyl (C=O) groups is 1. The van der Waals surface area contributed by atoms with Crippen LogP contribution in [-0.2, 0) is 11.3 Å². The molecule has 1 amide bonds. The molecule has 3 nitrogen and oxygen atoms in total. The van der Waals surface area contributed by atoms with Gasteiger partial charge in [-0.2, -0.15) is 0 Å². The Hall–Kier alpha value is -1.51. The molecule has 0 aliphatic heterocycles. The minimum atomic E-state index is -0.328. The maximum absolute atomic E-state index is 11.7. The second-order valence-corrected chi connectivity index (χ2v) is 4.85. The van der Waals surface area contributed by atoms with Crippen molar-refractivity contribution in [3.63, 3.8) is 0 Å². The van der Waals surface area contributed by atoms with Crippen molar-refractivity contribution in [2.24, 2.45) is 5.92 Å². The van der Waals surface area contributed by atoms with Crippen LogP contribution in [0, 0.1) is 5.92 Å². The first-order chi connectivity index (χ1) is 8.63. The van der Waals surface area contributed by atoms with Gasteiger partial charge < -0.3 is 10.1 Å². The van der Waals surface area contributed by atoms with E-state index in [9.17, 15) is 4.79 Å². The minimum absolute atomic E-state index is 0.193. The van der Waals surface area contributed by atoms with Crippen LogP contribution in [0.5, 0.6) is 0 Å². The number of alkyl carbamates (subject to hydrolysis) is 1. The van der Waals surface area contributed by atoms with Gasteiger partial charge in [-0.1, -0.05) is 57.5 Å². The average Bonchev–Trinajstić information content (AvgIpc) is 2.37. The third-order valence-electron chi connectivity index (χ3n) is 2.92. The summed E-state index contributed by atoms with van der Waals surface area (Å²) in [7, 11) is 0. The van der Waals surface area contributed by atoms with Crippen LogP contribution in [0.25, 0.3) is 0 Å². The molecular weight excluding hydrogens is 226 g/mol. The number of nitrogens with one attached hydrogen (secondary N) is 1. The highest BCUT2D eigenvalue weighted by Gasteiger charge is 2.15. The van der Waals surface area contributed by atoms with E-state index in [0.717, 1.165) is 18.4 Å². The van der Waals surface area contributed by atoms with Crippen LogP contribution in [-0.4, -0.2) is 12.1 Å². The predicted octanol–water partition coefficient (Wildman–Crippen LogP) is 3.74. The van der Waals surface area contributed by atoms with Gasteiger partial charge in [-0.3, -0.25) is 0 Å². The second-order valence-electron chi connectivity index (χ2n) is 4.85. The summed E-state index contributed by atoms with van der Waals surface area (Å²) < 4.78 is 5.21. The lowest BCUT2D eigenvalue weighted by atomic mass is 10.00. The van der Waals surface area contributed by atoms with Crippen molar-refractivity contribution in [2.45, 2.75) is 46.3 Å². The number of amides is 1. The monoisotopic (exact) mass is 249 g/mol. The maximum Gasteiger partial charge on any atom is 0.407 e. The van der Waals surface area contributed by atoms with Gasteiger partial charge in [-0.15, -0.1) is 0 Å². The normalized spacial score (nSPS) is 12.2. The Kier molecular flexibility index (Phi) is 6.26. The number of rotatable bonds is 6. The average molecular weight is 249 g/mol. The summed E-state index contributed by atoms with van der Waals surface area (Å²) in [6, 6.07) is 9.89. The molecule has 3 heteroatoms. The topological polar surface area (TPSA) is 38.3 Å². The van der Waals surface area contributed by atoms with Crippen molar-refractivity contribution in [3.05, 3.63) is 35.9 Å². The quantitative estimate of drug-likeness (QED) is 0.834. The zero-order chi connectivity index (χ0) is 13.4. The zero-order valence-electron chi connectivity index (χ0n) is 11.5. The second kappa shape index (κ2) is 7.75. The largest absolute Gasteiger partial charge is 0.445 e. The molecule has 1 N–H and O–H groups in total. The lowest BCUT2D eigenvalue weighted by Gasteiger charge is -2.21. The first-order valence-corrected chi connectivity index (χ1v) is 6.60. The van der Waals surface area contributed by atoms with Gasteiger partial charge in [0, 0.05) is 6.04 Å². The Bertz CT molecular complexity index is 349. The first kappa shape index (κ1) is 14.6. The van der Waals surface area contributed by atoms with E-state index in [0.29, 0.717) is 12.5 Å². The summed E-state index contributed by atoms with van der Waals surface area (Å²) in [5.41, 5.74) is 1.00. The predicted molar refractivity (Wildman–Crippen MR) is 73.3 cm³/mol. The number of hydrogen-bond donors (Lipinski definition) is 1. The van der Waals surface area contributed by atoms with Crippen molar-refractivity contribution in [2.75, 3.05) is 0 Å². The highest BCUT2D eigenvalue weighted by Crippen LogP contribution is 2.09. The SMILES string of the molecule is CCCC(NC(=O)OCc1ccccc1)C(C)C. The van der Waals surface area contributed by atoms with Gasteiger partial charge in [0.15, 0.2) is 0 Å². The van der Waals surface area contributed by atoms with E-state index in [-0.39, 0.29) is 12.1 Å². The Balaban J connectivity index is 2.36. The van der Waals surface area contributed by atoms with Crippen LogP contribution in [0.2, 0.25) is 0 Å². The molecule has 0 bridgehead atoms. The van der Waals surface area contributed by atoms with Crippen molar-refractivity contribution < 1.29 is 9.53 Å². The van der Waals surface area contributed by atoms with Crippen molar-refractivity contribution in [1.82, 2.24) is 5.32 Å². The van der Waals surface area contributed by atoms with Crippen LogP contribution < -0.4 is 5.32 Å². The Labute approximate surface area is 110 Å². The molecule has 0 radical (unpaired) electrons. The molecule has 1 aromatic rings. The Morgan fingerprint density at radius 1 is 1.28 bits per heavy atom. The summed E-state index contributed by atoms with van der Waals surface area (Å²) in [6.45, 7) is 6.66. The molecular formula is C15H23NO2. The molecule has 0 aliphatic rings. The minimum Gasteiger partial charge on any atom is -0.445 e. The van der Waals surface area contributed by atoms with Crippen LogP contribution in [0.1, 0.15) is 39.2 Å². The fourth-order valence-corrected chi connectivity index (χ4v) is 1.80. The molecule has 0 aliphatic carbocycles. The maximum atomic E-state index is 11.7. The summed E-state index contributed by atoms with van der Waals surface area (Å²) >= 11 is 0. The molecule has 1 atom stereocenters. The molecule has 1 aromatic carbocycles. The van der Waals surface area contributed by atoms with Crippen LogP contribution in [0.4, 0.5) is 4.79 Å². The highest BCUT2D eigenvalue weighted by molar-refractivity contribution is 5.67. The smallest absolute Gasteiger partial charge is 0.407 e. The van der Waals surface area contributed by atoms with E-state index in [4.69, 9.17) is 4.74 Å². The molecule has 0 aromatic heterocycles. The van der Waals surface area contributed by atoms with E-state index in [2.05, 4.69) is 26.1 Å². The van der Waals surface area contributed by atoms with Crippen molar-refractivity contribution in [1.29, 1.82) is 0 Å². The summed E-state index contributed by atoms with van der Waals surface area (Å²) in [5, 5.41) is 2.93. The molecule has 1 unspecified atom stereocenters. The summed E-state index contributed by atoms with van der Waals surface area (Å²) in [5.74, 6) is 0.425. The van der Waals surface area contributed by atoms with E-state index in [1.807, 2.05) is 30.3 Å². The van der Waals surface area contributed by atoms with E-state index >= 15 is 0 Å². The lowest BCUT2D eigenvalue weighted by Crippen LogP contribution is -2.38. The standard InChI is InChI=1S/C15H23NO2/c1-4-8-14(12(2)3)16-15(17)18-11-13-9-6-5-7-10-13/h5-7,9-10,12,14H,4,8,11H2,1-3H3,(H,16,17). The number of hydrogen-bond acceptors (Lipinski definition) is 2. The van der Waals surface area contributed by atoms with Gasteiger partial charge >= 0.3 is 6.09 Å². The fraction of sp³-hybridized carbons (Fsp3) is 0.533. The molecule has 0 saturated heterocycles.